The number of nitrogens with zero attached hydrogens (tertiary/aromatic N) is 1. The largest absolute Gasteiger partial charge is 0.481 e. The van der Waals surface area contributed by atoms with Gasteiger partial charge in [-0.1, -0.05) is 12.8 Å². The molecule has 3 atom stereocenters. The number of rotatable bonds is 5. The summed E-state index contributed by atoms with van der Waals surface area (Å²) in [4.78, 5) is 25.1. The fraction of sp³-hybridized carbons (Fsp3) is 0.857. The summed E-state index contributed by atoms with van der Waals surface area (Å²) in [5.41, 5.74) is 0. The zero-order valence-electron chi connectivity index (χ0n) is 11.2. The molecule has 2 aliphatic heterocycles. The summed E-state index contributed by atoms with van der Waals surface area (Å²) >= 11 is 0. The lowest BCUT2D eigenvalue weighted by Gasteiger charge is -2.23. The number of aliphatic carboxylic acids is 1. The van der Waals surface area contributed by atoms with Gasteiger partial charge in [-0.25, -0.2) is 4.79 Å². The van der Waals surface area contributed by atoms with Crippen molar-refractivity contribution in [1.82, 2.24) is 10.2 Å². The van der Waals surface area contributed by atoms with Crippen molar-refractivity contribution >= 4 is 12.0 Å². The molecule has 106 valence electrons. The van der Waals surface area contributed by atoms with E-state index in [1.165, 1.54) is 19.3 Å². The lowest BCUT2D eigenvalue weighted by molar-refractivity contribution is -0.142. The van der Waals surface area contributed by atoms with Crippen LogP contribution in [-0.2, 0) is 4.79 Å². The Morgan fingerprint density at radius 1 is 1.21 bits per heavy atom. The standard InChI is InChI=1S/C14H22N2O3/c17-13(18)11-8-10-5-6-12(11)16(10)14(19)15-7-1-2-9-3-4-9/h9-12H,1-8H2,(H,15,19)(H,17,18). The van der Waals surface area contributed by atoms with Gasteiger partial charge in [-0.15, -0.1) is 0 Å². The molecular weight excluding hydrogens is 244 g/mol. The highest BCUT2D eigenvalue weighted by molar-refractivity contribution is 5.79. The molecular formula is C14H22N2O3. The van der Waals surface area contributed by atoms with Crippen molar-refractivity contribution in [2.75, 3.05) is 6.54 Å². The van der Waals surface area contributed by atoms with Crippen molar-refractivity contribution in [3.05, 3.63) is 0 Å². The fourth-order valence-corrected chi connectivity index (χ4v) is 3.65. The molecule has 2 saturated heterocycles. The molecule has 1 saturated carbocycles. The predicted molar refractivity (Wildman–Crippen MR) is 69.7 cm³/mol. The molecule has 3 aliphatic rings. The van der Waals surface area contributed by atoms with Crippen LogP contribution in [0.4, 0.5) is 4.79 Å². The van der Waals surface area contributed by atoms with Crippen molar-refractivity contribution in [3.8, 4) is 0 Å². The maximum absolute atomic E-state index is 12.2. The van der Waals surface area contributed by atoms with Crippen LogP contribution < -0.4 is 5.32 Å². The maximum Gasteiger partial charge on any atom is 0.317 e. The molecule has 3 unspecified atom stereocenters. The maximum atomic E-state index is 12.2. The second kappa shape index (κ2) is 5.02. The molecule has 5 heteroatoms. The zero-order chi connectivity index (χ0) is 13.4. The molecule has 19 heavy (non-hydrogen) atoms. The van der Waals surface area contributed by atoms with Gasteiger partial charge >= 0.3 is 12.0 Å². The van der Waals surface area contributed by atoms with Gasteiger partial charge < -0.3 is 15.3 Å². The number of hydrogen-bond acceptors (Lipinski definition) is 2. The first-order chi connectivity index (χ1) is 9.16. The van der Waals surface area contributed by atoms with Gasteiger partial charge in [0.2, 0.25) is 0 Å². The molecule has 3 fully saturated rings. The van der Waals surface area contributed by atoms with Crippen molar-refractivity contribution in [2.24, 2.45) is 11.8 Å². The van der Waals surface area contributed by atoms with Crippen molar-refractivity contribution in [1.29, 1.82) is 0 Å². The monoisotopic (exact) mass is 266 g/mol. The third-order valence-electron chi connectivity index (χ3n) is 4.85. The molecule has 1 aliphatic carbocycles. The molecule has 0 aromatic carbocycles. The average molecular weight is 266 g/mol. The van der Waals surface area contributed by atoms with Crippen molar-refractivity contribution < 1.29 is 14.7 Å². The number of carbonyl (C=O) groups excluding carboxylic acids is 1. The number of hydrogen-bond donors (Lipinski definition) is 2. The Balaban J connectivity index is 1.48. The predicted octanol–water partition coefficient (Wildman–Crippen LogP) is 1.82. The lowest BCUT2D eigenvalue weighted by Crippen LogP contribution is -2.44. The first-order valence-corrected chi connectivity index (χ1v) is 7.46. The third kappa shape index (κ3) is 2.55. The quantitative estimate of drug-likeness (QED) is 0.746. The van der Waals surface area contributed by atoms with Crippen LogP contribution >= 0.6 is 0 Å². The number of amides is 2. The van der Waals surface area contributed by atoms with Gasteiger partial charge in [0.05, 0.1) is 5.92 Å². The first kappa shape index (κ1) is 12.8. The minimum Gasteiger partial charge on any atom is -0.481 e. The van der Waals surface area contributed by atoms with E-state index in [0.29, 0.717) is 6.42 Å². The van der Waals surface area contributed by atoms with E-state index < -0.39 is 5.97 Å². The number of carboxylic acid groups (broad SMARTS) is 1. The van der Waals surface area contributed by atoms with Gasteiger partial charge in [-0.2, -0.15) is 0 Å². The molecule has 0 aromatic heterocycles. The molecule has 0 spiro atoms. The molecule has 2 N–H and O–H groups in total. The molecule has 3 rings (SSSR count). The molecule has 2 amide bonds. The highest BCUT2D eigenvalue weighted by Crippen LogP contribution is 2.41. The Morgan fingerprint density at radius 2 is 2.00 bits per heavy atom. The summed E-state index contributed by atoms with van der Waals surface area (Å²) in [5.74, 6) is -0.203. The van der Waals surface area contributed by atoms with Crippen LogP contribution in [0, 0.1) is 11.8 Å². The summed E-state index contributed by atoms with van der Waals surface area (Å²) in [6.45, 7) is 0.725. The van der Waals surface area contributed by atoms with Gasteiger partial charge in [0, 0.05) is 18.6 Å². The lowest BCUT2D eigenvalue weighted by atomic mass is 9.89. The normalized spacial score (nSPS) is 32.6. The molecule has 2 heterocycles. The van der Waals surface area contributed by atoms with Gasteiger partial charge in [-0.05, 0) is 38.0 Å². The molecule has 0 radical (unpaired) electrons. The summed E-state index contributed by atoms with van der Waals surface area (Å²) in [6, 6.07) is 0.0208. The SMILES string of the molecule is O=C(O)C1CC2CCC1N2C(=O)NCCCC1CC1. The number of carboxylic acids is 1. The van der Waals surface area contributed by atoms with E-state index in [4.69, 9.17) is 5.11 Å². The van der Waals surface area contributed by atoms with Crippen molar-refractivity contribution in [2.45, 2.75) is 57.0 Å². The van der Waals surface area contributed by atoms with E-state index in [1.54, 1.807) is 4.90 Å². The van der Waals surface area contributed by atoms with E-state index in [1.807, 2.05) is 0 Å². The Morgan fingerprint density at radius 3 is 2.63 bits per heavy atom. The zero-order valence-corrected chi connectivity index (χ0v) is 11.2. The third-order valence-corrected chi connectivity index (χ3v) is 4.85. The Labute approximate surface area is 113 Å². The van der Waals surface area contributed by atoms with Crippen LogP contribution in [-0.4, -0.2) is 40.6 Å². The number of urea groups is 1. The second-order valence-corrected chi connectivity index (χ2v) is 6.20. The summed E-state index contributed by atoms with van der Waals surface area (Å²) < 4.78 is 0. The van der Waals surface area contributed by atoms with E-state index in [-0.39, 0.29) is 24.0 Å². The van der Waals surface area contributed by atoms with Crippen LogP contribution in [0.25, 0.3) is 0 Å². The highest BCUT2D eigenvalue weighted by atomic mass is 16.4. The van der Waals surface area contributed by atoms with E-state index in [9.17, 15) is 9.59 Å². The molecule has 5 nitrogen and oxygen atoms in total. The van der Waals surface area contributed by atoms with Gasteiger partial charge in [0.25, 0.3) is 0 Å². The summed E-state index contributed by atoms with van der Waals surface area (Å²) in [7, 11) is 0. The van der Waals surface area contributed by atoms with Gasteiger partial charge in [0.1, 0.15) is 0 Å². The van der Waals surface area contributed by atoms with E-state index in [0.717, 1.165) is 31.7 Å². The van der Waals surface area contributed by atoms with Gasteiger partial charge in [0.15, 0.2) is 0 Å². The Hall–Kier alpha value is -1.26. The van der Waals surface area contributed by atoms with E-state index in [2.05, 4.69) is 5.32 Å². The Bertz CT molecular complexity index is 381. The molecule has 2 bridgehead atoms. The number of fused-ring (bicyclic) bond motifs is 2. The topological polar surface area (TPSA) is 69.6 Å². The highest BCUT2D eigenvalue weighted by Gasteiger charge is 2.51. The second-order valence-electron chi connectivity index (χ2n) is 6.20. The van der Waals surface area contributed by atoms with Crippen LogP contribution in [0.2, 0.25) is 0 Å². The minimum atomic E-state index is -0.751. The number of nitrogens with one attached hydrogen (secondary N) is 1. The molecule has 0 aromatic rings. The Kier molecular flexibility index (Phi) is 3.37. The van der Waals surface area contributed by atoms with Gasteiger partial charge in [-0.3, -0.25) is 4.79 Å². The van der Waals surface area contributed by atoms with E-state index >= 15 is 0 Å². The summed E-state index contributed by atoms with van der Waals surface area (Å²) in [6.07, 6.45) is 7.40. The van der Waals surface area contributed by atoms with Crippen LogP contribution in [0.1, 0.15) is 44.9 Å². The van der Waals surface area contributed by atoms with Crippen LogP contribution in [0.5, 0.6) is 0 Å². The van der Waals surface area contributed by atoms with Crippen LogP contribution in [0.3, 0.4) is 0 Å². The number of carbonyl (C=O) groups is 2. The smallest absolute Gasteiger partial charge is 0.317 e. The first-order valence-electron chi connectivity index (χ1n) is 7.46. The summed E-state index contributed by atoms with van der Waals surface area (Å²) in [5, 5.41) is 12.1. The average Bonchev–Trinajstić information content (AvgIpc) is 3.02. The minimum absolute atomic E-state index is 0.0490. The van der Waals surface area contributed by atoms with Crippen LogP contribution in [0.15, 0.2) is 0 Å². The van der Waals surface area contributed by atoms with Crippen molar-refractivity contribution in [3.63, 3.8) is 0 Å². The fourth-order valence-electron chi connectivity index (χ4n) is 3.65.